The first-order valence-corrected chi connectivity index (χ1v) is 18.8. The Kier molecular flexibility index (Phi) is 8.38. The Morgan fingerprint density at radius 1 is 1.20 bits per heavy atom. The monoisotopic (exact) mass is 778 g/mol. The average Bonchev–Trinajstić information content (AvgIpc) is 3.97. The first kappa shape index (κ1) is 35.0. The van der Waals surface area contributed by atoms with Crippen molar-refractivity contribution >= 4 is 60.8 Å². The summed E-state index contributed by atoms with van der Waals surface area (Å²) >= 11 is 7.81. The molecule has 5 aromatic rings. The van der Waals surface area contributed by atoms with E-state index in [0.29, 0.717) is 56.0 Å². The zero-order valence-corrected chi connectivity index (χ0v) is 30.7. The average molecular weight is 779 g/mol. The number of hydrogen-bond donors (Lipinski definition) is 1. The van der Waals surface area contributed by atoms with Crippen molar-refractivity contribution in [1.29, 1.82) is 5.26 Å². The molecule has 4 aliphatic rings. The molecule has 7 heterocycles. The Morgan fingerprint density at radius 2 is 2.04 bits per heavy atom. The first-order chi connectivity index (χ1) is 26.0. The molecule has 0 aliphatic carbocycles. The van der Waals surface area contributed by atoms with E-state index in [4.69, 9.17) is 31.8 Å². The minimum atomic E-state index is -0.973. The van der Waals surface area contributed by atoms with Gasteiger partial charge in [0, 0.05) is 56.0 Å². The number of aromatic nitrogens is 5. The van der Waals surface area contributed by atoms with Crippen molar-refractivity contribution < 1.29 is 27.4 Å². The van der Waals surface area contributed by atoms with Crippen molar-refractivity contribution in [1.82, 2.24) is 34.5 Å². The van der Waals surface area contributed by atoms with E-state index in [1.54, 1.807) is 11.0 Å². The summed E-state index contributed by atoms with van der Waals surface area (Å²) in [5.74, 6) is -0.665. The van der Waals surface area contributed by atoms with E-state index < -0.39 is 28.9 Å². The van der Waals surface area contributed by atoms with Crippen LogP contribution in [0.15, 0.2) is 24.5 Å². The number of hydrogen-bond acceptors (Lipinski definition) is 12. The third-order valence-corrected chi connectivity index (χ3v) is 12.8. The minimum Gasteiger partial charge on any atom is -0.461 e. The Hall–Kier alpha value is -4.76. The number of likely N-dealkylation sites (tertiary alicyclic amines) is 1. The molecule has 2 N–H and O–H groups in total. The van der Waals surface area contributed by atoms with Crippen LogP contribution in [-0.2, 0) is 11.3 Å². The molecule has 9 rings (SSSR count). The van der Waals surface area contributed by atoms with Gasteiger partial charge >= 0.3 is 12.0 Å². The van der Waals surface area contributed by atoms with Crippen LogP contribution >= 0.6 is 22.9 Å². The van der Waals surface area contributed by atoms with Crippen molar-refractivity contribution in [3.63, 3.8) is 0 Å². The molecule has 54 heavy (non-hydrogen) atoms. The zero-order chi connectivity index (χ0) is 37.5. The predicted molar refractivity (Wildman–Crippen MR) is 195 cm³/mol. The van der Waals surface area contributed by atoms with E-state index in [9.17, 15) is 18.8 Å². The van der Waals surface area contributed by atoms with Crippen LogP contribution in [0.2, 0.25) is 5.02 Å². The van der Waals surface area contributed by atoms with Crippen LogP contribution in [0.3, 0.4) is 0 Å². The third-order valence-electron chi connectivity index (χ3n) is 11.5. The number of carbonyl (C=O) groups is 1. The van der Waals surface area contributed by atoms with Gasteiger partial charge in [-0.3, -0.25) is 4.90 Å². The second kappa shape index (κ2) is 12.9. The number of nitrogen functional groups attached to an aromatic ring is 1. The highest BCUT2D eigenvalue weighted by atomic mass is 35.5. The molecule has 4 aliphatic heterocycles. The molecule has 3 aromatic heterocycles. The van der Waals surface area contributed by atoms with Gasteiger partial charge in [0.25, 0.3) is 0 Å². The van der Waals surface area contributed by atoms with E-state index >= 15 is 4.39 Å². The number of halogens is 4. The lowest BCUT2D eigenvalue weighted by molar-refractivity contribution is 0.0399. The van der Waals surface area contributed by atoms with Crippen LogP contribution in [0.1, 0.15) is 43.5 Å². The van der Waals surface area contributed by atoms with Gasteiger partial charge in [-0.2, -0.15) is 19.9 Å². The fourth-order valence-electron chi connectivity index (χ4n) is 8.88. The largest absolute Gasteiger partial charge is 0.461 e. The summed E-state index contributed by atoms with van der Waals surface area (Å²) in [4.78, 5) is 33.0. The van der Waals surface area contributed by atoms with Gasteiger partial charge in [-0.25, -0.2) is 22.9 Å². The zero-order valence-electron chi connectivity index (χ0n) is 29.1. The Labute approximate surface area is 316 Å². The van der Waals surface area contributed by atoms with Crippen LogP contribution in [-0.4, -0.2) is 104 Å². The lowest BCUT2D eigenvalue weighted by Gasteiger charge is -2.50. The number of ether oxygens (including phenoxy) is 2. The van der Waals surface area contributed by atoms with Crippen molar-refractivity contribution in [2.45, 2.75) is 56.0 Å². The predicted octanol–water partition coefficient (Wildman–Crippen LogP) is 5.91. The molecule has 0 saturated carbocycles. The maximum atomic E-state index is 17.2. The minimum absolute atomic E-state index is 0.00655. The number of amides is 1. The lowest BCUT2D eigenvalue weighted by Crippen LogP contribution is -2.64. The maximum absolute atomic E-state index is 17.2. The van der Waals surface area contributed by atoms with E-state index in [2.05, 4.69) is 20.0 Å². The molecule has 0 radical (unpaired) electrons. The molecule has 1 unspecified atom stereocenters. The van der Waals surface area contributed by atoms with E-state index in [1.165, 1.54) is 30.3 Å². The van der Waals surface area contributed by atoms with Gasteiger partial charge in [-0.1, -0.05) is 17.7 Å². The van der Waals surface area contributed by atoms with Gasteiger partial charge in [-0.15, -0.1) is 16.4 Å². The van der Waals surface area contributed by atoms with Gasteiger partial charge in [-0.05, 0) is 49.9 Å². The SMILES string of the molecule is COCc1ncn(C(=O)N2CCC23CCN(c2nc(OC[C@@]45CCCN4C[C@H](F)C5)nc4c(F)c(-c5ccc(F)c6sc(N)c(C#N)c56)c(Cl)cc24)C3)n1. The van der Waals surface area contributed by atoms with Crippen LogP contribution in [0, 0.1) is 23.0 Å². The summed E-state index contributed by atoms with van der Waals surface area (Å²) in [5.41, 5.74) is 5.08. The summed E-state index contributed by atoms with van der Waals surface area (Å²) < 4.78 is 59.5. The van der Waals surface area contributed by atoms with Gasteiger partial charge in [0.15, 0.2) is 11.6 Å². The van der Waals surface area contributed by atoms with Crippen LogP contribution in [0.5, 0.6) is 6.01 Å². The highest BCUT2D eigenvalue weighted by Crippen LogP contribution is 2.48. The molecule has 3 atom stereocenters. The number of anilines is 2. The molecule has 4 fully saturated rings. The summed E-state index contributed by atoms with van der Waals surface area (Å²) in [6, 6.07) is 5.75. The van der Waals surface area contributed by atoms with Gasteiger partial charge in [0.2, 0.25) is 0 Å². The van der Waals surface area contributed by atoms with E-state index in [1.807, 2.05) is 11.0 Å². The fraction of sp³-hybridized carbons (Fsp3) is 0.444. The summed E-state index contributed by atoms with van der Waals surface area (Å²) in [5, 5.41) is 14.8. The van der Waals surface area contributed by atoms with Crippen molar-refractivity contribution in [3.05, 3.63) is 52.6 Å². The number of nitriles is 1. The second-order valence-corrected chi connectivity index (χ2v) is 16.0. The smallest absolute Gasteiger partial charge is 0.346 e. The summed E-state index contributed by atoms with van der Waals surface area (Å²) in [6.07, 6.45) is 3.73. The quantitative estimate of drug-likeness (QED) is 0.210. The van der Waals surface area contributed by atoms with Crippen LogP contribution in [0.25, 0.3) is 32.1 Å². The number of carbonyl (C=O) groups excluding carboxylic acids is 1. The highest BCUT2D eigenvalue weighted by molar-refractivity contribution is 7.23. The molecular formula is C36H34ClF3N10O3S. The number of nitrogens with zero attached hydrogens (tertiary/aromatic N) is 9. The number of methoxy groups -OCH3 is 1. The summed E-state index contributed by atoms with van der Waals surface area (Å²) in [6.45, 7) is 2.77. The molecule has 1 spiro atoms. The molecule has 4 saturated heterocycles. The summed E-state index contributed by atoms with van der Waals surface area (Å²) in [7, 11) is 1.52. The van der Waals surface area contributed by atoms with Gasteiger partial charge in [0.05, 0.1) is 26.4 Å². The Morgan fingerprint density at radius 3 is 2.81 bits per heavy atom. The van der Waals surface area contributed by atoms with E-state index in [-0.39, 0.29) is 67.6 Å². The topological polar surface area (TPSA) is 152 Å². The third kappa shape index (κ3) is 5.36. The number of benzene rings is 2. The number of nitrogens with two attached hydrogens (primary N) is 1. The van der Waals surface area contributed by atoms with Crippen molar-refractivity contribution in [2.75, 3.05) is 57.1 Å². The number of fused-ring (bicyclic) bond motifs is 3. The molecule has 13 nitrogen and oxygen atoms in total. The maximum Gasteiger partial charge on any atom is 0.346 e. The number of thiophene rings is 1. The van der Waals surface area contributed by atoms with Crippen LogP contribution < -0.4 is 15.4 Å². The molecule has 280 valence electrons. The molecule has 2 aromatic carbocycles. The van der Waals surface area contributed by atoms with Crippen molar-refractivity contribution in [3.8, 4) is 23.2 Å². The molecule has 18 heteroatoms. The second-order valence-electron chi connectivity index (χ2n) is 14.5. The van der Waals surface area contributed by atoms with Gasteiger partial charge in [0.1, 0.15) is 53.9 Å². The number of alkyl halides is 1. The van der Waals surface area contributed by atoms with E-state index in [0.717, 1.165) is 37.1 Å². The van der Waals surface area contributed by atoms with Gasteiger partial charge < -0.3 is 25.0 Å². The fourth-order valence-corrected chi connectivity index (χ4v) is 10.1. The Bertz CT molecular complexity index is 2410. The first-order valence-electron chi connectivity index (χ1n) is 17.6. The normalized spacial score (nSPS) is 23.8. The van der Waals surface area contributed by atoms with Crippen LogP contribution in [0.4, 0.5) is 28.8 Å². The standard InChI is InChI=1S/C36H34ClF3N10O3S/c1-52-15-25-43-18-50(46-25)34(51)49-10-7-35(49)6-9-47(16-35)32-21-11-23(37)27(20-3-4-24(39)30-26(20)22(13-41)31(42)54-30)28(40)29(21)44-33(45-32)53-17-36-5-2-8-48(36)14-19(38)12-36/h3-4,11,18-19H,2,5-10,12,14-17,42H2,1H3/t19-,35?,36+/m1/s1. The van der Waals surface area contributed by atoms with Crippen molar-refractivity contribution in [2.24, 2.45) is 0 Å². The highest BCUT2D eigenvalue weighted by Gasteiger charge is 2.53. The molecular weight excluding hydrogens is 745 g/mol. The Balaban J connectivity index is 1.13. The lowest BCUT2D eigenvalue weighted by atomic mass is 9.84. The number of rotatable bonds is 7. The molecule has 1 amide bonds. The molecule has 0 bridgehead atoms.